The number of aliphatic imine (C=N–C) groups is 1. The molecule has 0 bridgehead atoms. The number of anilines is 2. The van der Waals surface area contributed by atoms with Crippen molar-refractivity contribution >= 4 is 75.1 Å². The number of carboxylic acids is 1. The van der Waals surface area contributed by atoms with Gasteiger partial charge in [0.25, 0.3) is 0 Å². The molecular formula is C35H23Cl4F14N3O2. The Morgan fingerprint density at radius 1 is 0.586 bits per heavy atom. The van der Waals surface area contributed by atoms with E-state index < -0.39 is 54.1 Å². The molecule has 0 saturated carbocycles. The number of fused-ring (bicyclic) bond motifs is 1. The predicted molar refractivity (Wildman–Crippen MR) is 192 cm³/mol. The van der Waals surface area contributed by atoms with E-state index in [2.05, 4.69) is 4.99 Å². The van der Waals surface area contributed by atoms with E-state index in [0.717, 1.165) is 28.3 Å². The summed E-state index contributed by atoms with van der Waals surface area (Å²) >= 11 is 24.7. The Morgan fingerprint density at radius 3 is 1.38 bits per heavy atom. The minimum absolute atomic E-state index is 0.0420. The van der Waals surface area contributed by atoms with Gasteiger partial charge >= 0.3 is 42.0 Å². The summed E-state index contributed by atoms with van der Waals surface area (Å²) in [6.45, 7) is 3.78. The van der Waals surface area contributed by atoms with E-state index >= 15 is 0 Å². The van der Waals surface area contributed by atoms with Crippen molar-refractivity contribution in [1.29, 1.82) is 0 Å². The first-order valence-electron chi connectivity index (χ1n) is 15.3. The zero-order chi connectivity index (χ0) is 44.7. The number of hydrogen-bond donors (Lipinski definition) is 3. The summed E-state index contributed by atoms with van der Waals surface area (Å²) in [7, 11) is 0. The van der Waals surface area contributed by atoms with Crippen LogP contribution in [0.2, 0.25) is 20.1 Å². The maximum atomic E-state index is 13.9. The molecule has 1 aliphatic heterocycles. The molecular weight excluding hydrogens is 902 g/mol. The number of rotatable bonds is 6. The lowest BCUT2D eigenvalue weighted by molar-refractivity contribution is -0.347. The van der Waals surface area contributed by atoms with E-state index in [1.807, 2.05) is 25.1 Å². The highest BCUT2D eigenvalue weighted by molar-refractivity contribution is 6.37. The van der Waals surface area contributed by atoms with E-state index in [0.29, 0.717) is 37.6 Å². The van der Waals surface area contributed by atoms with Gasteiger partial charge in [-0.05, 0) is 66.9 Å². The minimum Gasteiger partial charge on any atom is -0.477 e. The maximum Gasteiger partial charge on any atom is 0.460 e. The summed E-state index contributed by atoms with van der Waals surface area (Å²) in [6, 6.07) is 16.6. The molecule has 0 radical (unpaired) electrons. The molecule has 0 amide bonds. The first-order chi connectivity index (χ1) is 26.2. The van der Waals surface area contributed by atoms with Crippen LogP contribution in [0.5, 0.6) is 0 Å². The van der Waals surface area contributed by atoms with Crippen molar-refractivity contribution < 1.29 is 71.4 Å². The fraction of sp³-hybridized carbons (Fsp3) is 0.257. The van der Waals surface area contributed by atoms with Crippen molar-refractivity contribution in [2.24, 2.45) is 4.99 Å². The van der Waals surface area contributed by atoms with Crippen LogP contribution in [0.25, 0.3) is 22.3 Å². The van der Waals surface area contributed by atoms with Crippen LogP contribution in [0.15, 0.2) is 65.7 Å². The fourth-order valence-corrected chi connectivity index (χ4v) is 5.97. The molecule has 4 aromatic rings. The van der Waals surface area contributed by atoms with Gasteiger partial charge in [-0.1, -0.05) is 70.7 Å². The van der Waals surface area contributed by atoms with Gasteiger partial charge in [-0.2, -0.15) is 61.5 Å². The lowest BCUT2D eigenvalue weighted by atomic mass is 9.97. The van der Waals surface area contributed by atoms with Gasteiger partial charge in [-0.3, -0.25) is 4.99 Å². The zero-order valence-corrected chi connectivity index (χ0v) is 31.8. The molecule has 0 saturated heterocycles. The Kier molecular flexibility index (Phi) is 14.0. The fourth-order valence-electron chi connectivity index (χ4n) is 4.77. The summed E-state index contributed by atoms with van der Waals surface area (Å²) in [5, 5.41) is 8.96. The van der Waals surface area contributed by atoms with Crippen LogP contribution >= 0.6 is 46.4 Å². The van der Waals surface area contributed by atoms with Gasteiger partial charge in [-0.25, -0.2) is 4.79 Å². The van der Waals surface area contributed by atoms with Crippen molar-refractivity contribution in [3.63, 3.8) is 0 Å². The molecule has 4 aromatic carbocycles. The lowest BCUT2D eigenvalue weighted by Crippen LogP contribution is -2.56. The number of nitrogen functional groups attached to an aromatic ring is 2. The first kappa shape index (κ1) is 48.2. The second-order valence-corrected chi connectivity index (χ2v) is 13.9. The third-order valence-electron chi connectivity index (χ3n) is 7.92. The van der Waals surface area contributed by atoms with Crippen molar-refractivity contribution in [3.05, 3.63) is 97.4 Å². The summed E-state index contributed by atoms with van der Waals surface area (Å²) in [5.74, 6) is -28.0. The third kappa shape index (κ3) is 9.63. The van der Waals surface area contributed by atoms with E-state index in [1.165, 1.54) is 6.07 Å². The average molecular weight is 925 g/mol. The molecule has 5 rings (SSSR count). The molecule has 0 aliphatic carbocycles. The number of carboxylic acid groups (broad SMARTS) is 1. The van der Waals surface area contributed by atoms with Crippen LogP contribution < -0.4 is 11.5 Å². The van der Waals surface area contributed by atoms with Gasteiger partial charge in [-0.15, -0.1) is 0 Å². The van der Waals surface area contributed by atoms with Gasteiger partial charge in [0.05, 0.1) is 32.8 Å². The van der Waals surface area contributed by atoms with Crippen LogP contribution in [0, 0.1) is 13.8 Å². The van der Waals surface area contributed by atoms with Crippen LogP contribution in [0.4, 0.5) is 78.5 Å². The molecule has 58 heavy (non-hydrogen) atoms. The Balaban J connectivity index is 0.000000256. The summed E-state index contributed by atoms with van der Waals surface area (Å²) in [5.41, 5.74) is 15.1. The molecule has 1 aliphatic rings. The highest BCUT2D eigenvalue weighted by atomic mass is 35.5. The van der Waals surface area contributed by atoms with Crippen LogP contribution in [-0.4, -0.2) is 52.8 Å². The molecule has 5 nitrogen and oxygen atoms in total. The minimum atomic E-state index is -6.60. The Labute approximate surface area is 338 Å². The number of aliphatic carboxylic acids is 1. The normalized spacial score (nSPS) is 13.5. The van der Waals surface area contributed by atoms with E-state index in [-0.39, 0.29) is 16.3 Å². The smallest absolute Gasteiger partial charge is 0.460 e. The summed E-state index contributed by atoms with van der Waals surface area (Å²) in [6.07, 6.45) is -13.9. The van der Waals surface area contributed by atoms with Crippen molar-refractivity contribution in [3.8, 4) is 22.3 Å². The molecule has 23 heteroatoms. The number of nitrogens with two attached hydrogens (primary N) is 2. The van der Waals surface area contributed by atoms with Crippen LogP contribution in [-0.2, 0) is 11.2 Å². The van der Waals surface area contributed by atoms with Gasteiger partial charge in [0.2, 0.25) is 0 Å². The van der Waals surface area contributed by atoms with E-state index in [1.54, 1.807) is 37.3 Å². The standard InChI is InChI=1S/C18H10Cl2F7N.C13H12Cl2N2.C4HF7O2/c1-8-2-3-10(12(19)4-8)11-5-9-6-15(28-14(9)7-13(11)20)16(21,22)17(23,24)18(25,26)27;1-7-2-3-8(10(14)4-7)9-5-12(16)13(17)6-11(9)15;5-2(6,1(12)13)3(7,8)4(9,10)11/h2-5,7H,6H2,1H3;2-6H,16-17H2,1H3;(H,12,13). The second kappa shape index (κ2) is 16.8. The highest BCUT2D eigenvalue weighted by Gasteiger charge is 2.77. The summed E-state index contributed by atoms with van der Waals surface area (Å²) in [4.78, 5) is 12.7. The quantitative estimate of drug-likeness (QED) is 0.132. The molecule has 1 heterocycles. The highest BCUT2D eigenvalue weighted by Crippen LogP contribution is 2.50. The van der Waals surface area contributed by atoms with Crippen molar-refractivity contribution in [1.82, 2.24) is 0 Å². The van der Waals surface area contributed by atoms with Crippen molar-refractivity contribution in [2.75, 3.05) is 11.5 Å². The number of alkyl halides is 14. The van der Waals surface area contributed by atoms with Gasteiger partial charge in [0.1, 0.15) is 0 Å². The monoisotopic (exact) mass is 923 g/mol. The Morgan fingerprint density at radius 2 is 0.983 bits per heavy atom. The van der Waals surface area contributed by atoms with Crippen LogP contribution in [0.1, 0.15) is 16.7 Å². The number of carbonyl (C=O) groups is 1. The molecule has 316 valence electrons. The molecule has 5 N–H and O–H groups in total. The Bertz CT molecular complexity index is 2250. The molecule has 0 unspecified atom stereocenters. The van der Waals surface area contributed by atoms with Gasteiger partial charge in [0, 0.05) is 38.7 Å². The number of halogens is 18. The number of aryl methyl sites for hydroxylation is 2. The van der Waals surface area contributed by atoms with Crippen molar-refractivity contribution in [2.45, 2.75) is 56.3 Å². The number of hydrogen-bond acceptors (Lipinski definition) is 4. The zero-order valence-electron chi connectivity index (χ0n) is 28.7. The number of benzene rings is 4. The van der Waals surface area contributed by atoms with E-state index in [9.17, 15) is 66.3 Å². The predicted octanol–water partition coefficient (Wildman–Crippen LogP) is 13.5. The summed E-state index contributed by atoms with van der Waals surface area (Å²) < 4.78 is 172. The number of nitrogens with zero attached hydrogens (tertiary/aromatic N) is 1. The third-order valence-corrected chi connectivity index (χ3v) is 9.17. The largest absolute Gasteiger partial charge is 0.477 e. The second-order valence-electron chi connectivity index (χ2n) is 12.2. The van der Waals surface area contributed by atoms with Gasteiger partial charge < -0.3 is 16.6 Å². The SMILES string of the molecule is Cc1ccc(-c2cc(N)c(N)cc2Cl)c(Cl)c1.Cc1ccc(-c2cc3c(cc2Cl)N=C(C(F)(F)C(F)(F)C(F)(F)F)C3)c(Cl)c1.O=C(O)C(F)(F)C(F)(F)C(F)(F)F. The first-order valence-corrected chi connectivity index (χ1v) is 16.9. The molecule has 0 fully saturated rings. The molecule has 0 spiro atoms. The topological polar surface area (TPSA) is 102 Å². The van der Waals surface area contributed by atoms with E-state index in [4.69, 9.17) is 63.0 Å². The van der Waals surface area contributed by atoms with Crippen LogP contribution in [0.3, 0.4) is 0 Å². The lowest BCUT2D eigenvalue weighted by Gasteiger charge is -2.28. The average Bonchev–Trinajstić information content (AvgIpc) is 3.49. The van der Waals surface area contributed by atoms with Gasteiger partial charge in [0.15, 0.2) is 0 Å². The Hall–Kier alpha value is -4.20. The molecule has 0 atom stereocenters. The maximum absolute atomic E-state index is 13.9. The molecule has 0 aromatic heterocycles.